The summed E-state index contributed by atoms with van der Waals surface area (Å²) in [6.07, 6.45) is 3.84. The Morgan fingerprint density at radius 3 is 2.65 bits per heavy atom. The molecular weight excluding hydrogens is 250 g/mol. The van der Waals surface area contributed by atoms with Gasteiger partial charge in [0, 0.05) is 6.54 Å². The van der Waals surface area contributed by atoms with Crippen LogP contribution in [0.15, 0.2) is 30.4 Å². The SMILES string of the molecule is Cc1cccc([C@@H]2C=CCN2C(=O)OC(C)(C)C)c1C. The van der Waals surface area contributed by atoms with Gasteiger partial charge in [0.1, 0.15) is 5.60 Å². The summed E-state index contributed by atoms with van der Waals surface area (Å²) < 4.78 is 5.49. The molecule has 20 heavy (non-hydrogen) atoms. The molecule has 3 nitrogen and oxygen atoms in total. The lowest BCUT2D eigenvalue weighted by molar-refractivity contribution is 0.0240. The zero-order valence-corrected chi connectivity index (χ0v) is 12.9. The molecule has 0 spiro atoms. The van der Waals surface area contributed by atoms with Crippen LogP contribution >= 0.6 is 0 Å². The van der Waals surface area contributed by atoms with Crippen molar-refractivity contribution in [1.82, 2.24) is 4.90 Å². The maximum absolute atomic E-state index is 12.3. The molecule has 1 amide bonds. The minimum absolute atomic E-state index is 0.0234. The fraction of sp³-hybridized carbons (Fsp3) is 0.471. The molecule has 3 heteroatoms. The van der Waals surface area contributed by atoms with Crippen molar-refractivity contribution in [3.05, 3.63) is 47.0 Å². The Kier molecular flexibility index (Phi) is 3.89. The van der Waals surface area contributed by atoms with Gasteiger partial charge < -0.3 is 4.74 Å². The van der Waals surface area contributed by atoms with Gasteiger partial charge in [-0.05, 0) is 51.3 Å². The highest BCUT2D eigenvalue weighted by atomic mass is 16.6. The number of benzene rings is 1. The van der Waals surface area contributed by atoms with E-state index in [1.54, 1.807) is 4.90 Å². The van der Waals surface area contributed by atoms with Gasteiger partial charge in [-0.1, -0.05) is 30.4 Å². The van der Waals surface area contributed by atoms with E-state index in [0.29, 0.717) is 6.54 Å². The van der Waals surface area contributed by atoms with E-state index in [1.165, 1.54) is 16.7 Å². The molecule has 1 atom stereocenters. The highest BCUT2D eigenvalue weighted by Gasteiger charge is 2.30. The summed E-state index contributed by atoms with van der Waals surface area (Å²) >= 11 is 0. The smallest absolute Gasteiger partial charge is 0.411 e. The molecule has 0 fully saturated rings. The highest BCUT2D eigenvalue weighted by molar-refractivity contribution is 5.70. The number of carbonyl (C=O) groups is 1. The Morgan fingerprint density at radius 2 is 2.00 bits per heavy atom. The lowest BCUT2D eigenvalue weighted by Gasteiger charge is -2.29. The van der Waals surface area contributed by atoms with E-state index in [0.717, 1.165) is 0 Å². The van der Waals surface area contributed by atoms with Gasteiger partial charge >= 0.3 is 6.09 Å². The summed E-state index contributed by atoms with van der Waals surface area (Å²) in [5.41, 5.74) is 3.18. The summed E-state index contributed by atoms with van der Waals surface area (Å²) in [6.45, 7) is 10.5. The first-order valence-corrected chi connectivity index (χ1v) is 7.02. The molecule has 1 heterocycles. The van der Waals surface area contributed by atoms with E-state index < -0.39 is 5.60 Å². The minimum atomic E-state index is -0.466. The maximum Gasteiger partial charge on any atom is 0.411 e. The summed E-state index contributed by atoms with van der Waals surface area (Å²) in [7, 11) is 0. The van der Waals surface area contributed by atoms with Crippen molar-refractivity contribution in [2.45, 2.75) is 46.3 Å². The van der Waals surface area contributed by atoms with Crippen LogP contribution in [0.4, 0.5) is 4.79 Å². The molecule has 0 aromatic heterocycles. The summed E-state index contributed by atoms with van der Waals surface area (Å²) in [6, 6.07) is 6.19. The Hall–Kier alpha value is -1.77. The predicted molar refractivity (Wildman–Crippen MR) is 80.7 cm³/mol. The van der Waals surface area contributed by atoms with E-state index >= 15 is 0 Å². The predicted octanol–water partition coefficient (Wildman–Crippen LogP) is 4.15. The second kappa shape index (κ2) is 5.31. The van der Waals surface area contributed by atoms with E-state index in [-0.39, 0.29) is 12.1 Å². The Morgan fingerprint density at radius 1 is 1.30 bits per heavy atom. The molecule has 0 unspecified atom stereocenters. The van der Waals surface area contributed by atoms with Gasteiger partial charge in [0.2, 0.25) is 0 Å². The molecule has 1 aliphatic rings. The summed E-state index contributed by atoms with van der Waals surface area (Å²) in [5.74, 6) is 0. The Balaban J connectivity index is 2.25. The Labute approximate surface area is 121 Å². The van der Waals surface area contributed by atoms with Gasteiger partial charge in [0.15, 0.2) is 0 Å². The average Bonchev–Trinajstić information content (AvgIpc) is 2.79. The van der Waals surface area contributed by atoms with E-state index in [4.69, 9.17) is 4.74 Å². The molecule has 108 valence electrons. The second-order valence-electron chi connectivity index (χ2n) is 6.29. The van der Waals surface area contributed by atoms with Crippen LogP contribution in [0.1, 0.15) is 43.5 Å². The van der Waals surface area contributed by atoms with Crippen molar-refractivity contribution >= 4 is 6.09 Å². The van der Waals surface area contributed by atoms with Gasteiger partial charge in [-0.15, -0.1) is 0 Å². The topological polar surface area (TPSA) is 29.5 Å². The first-order valence-electron chi connectivity index (χ1n) is 7.02. The van der Waals surface area contributed by atoms with E-state index in [2.05, 4.69) is 32.1 Å². The lowest BCUT2D eigenvalue weighted by atomic mass is 9.97. The van der Waals surface area contributed by atoms with E-state index in [1.807, 2.05) is 32.9 Å². The van der Waals surface area contributed by atoms with Gasteiger partial charge in [0.05, 0.1) is 6.04 Å². The molecular formula is C17H23NO2. The number of carbonyl (C=O) groups excluding carboxylic acids is 1. The van der Waals surface area contributed by atoms with Crippen LogP contribution in [0.25, 0.3) is 0 Å². The van der Waals surface area contributed by atoms with Gasteiger partial charge in [-0.25, -0.2) is 4.79 Å². The van der Waals surface area contributed by atoms with Gasteiger partial charge in [-0.3, -0.25) is 4.90 Å². The van der Waals surface area contributed by atoms with Crippen molar-refractivity contribution in [3.8, 4) is 0 Å². The minimum Gasteiger partial charge on any atom is -0.444 e. The summed E-state index contributed by atoms with van der Waals surface area (Å²) in [4.78, 5) is 14.1. The molecule has 1 aliphatic heterocycles. The van der Waals surface area contributed by atoms with Crippen molar-refractivity contribution in [2.24, 2.45) is 0 Å². The molecule has 0 aliphatic carbocycles. The molecule has 1 aromatic rings. The average molecular weight is 273 g/mol. The molecule has 1 aromatic carbocycles. The van der Waals surface area contributed by atoms with Crippen molar-refractivity contribution in [1.29, 1.82) is 0 Å². The number of hydrogen-bond donors (Lipinski definition) is 0. The van der Waals surface area contributed by atoms with E-state index in [9.17, 15) is 4.79 Å². The third-order valence-electron chi connectivity index (χ3n) is 3.55. The fourth-order valence-electron chi connectivity index (χ4n) is 2.40. The van der Waals surface area contributed by atoms with Crippen LogP contribution in [0.2, 0.25) is 0 Å². The van der Waals surface area contributed by atoms with Gasteiger partial charge in [-0.2, -0.15) is 0 Å². The first kappa shape index (κ1) is 14.6. The van der Waals surface area contributed by atoms with Crippen LogP contribution in [-0.2, 0) is 4.74 Å². The third kappa shape index (κ3) is 3.03. The summed E-state index contributed by atoms with van der Waals surface area (Å²) in [5, 5.41) is 0. The number of amides is 1. The molecule has 0 N–H and O–H groups in total. The number of hydrogen-bond acceptors (Lipinski definition) is 2. The fourth-order valence-corrected chi connectivity index (χ4v) is 2.40. The van der Waals surface area contributed by atoms with Crippen LogP contribution in [0.5, 0.6) is 0 Å². The molecule has 0 radical (unpaired) electrons. The van der Waals surface area contributed by atoms with Crippen molar-refractivity contribution in [3.63, 3.8) is 0 Å². The normalized spacial score (nSPS) is 18.4. The Bertz CT molecular complexity index is 540. The zero-order valence-electron chi connectivity index (χ0n) is 12.9. The van der Waals surface area contributed by atoms with Crippen molar-refractivity contribution in [2.75, 3.05) is 6.54 Å². The second-order valence-corrected chi connectivity index (χ2v) is 6.29. The van der Waals surface area contributed by atoms with Crippen LogP contribution in [-0.4, -0.2) is 23.1 Å². The quantitative estimate of drug-likeness (QED) is 0.719. The standard InChI is InChI=1S/C17H23NO2/c1-12-8-6-9-14(13(12)2)15-10-7-11-18(15)16(19)20-17(3,4)5/h6-10,15H,11H2,1-5H3/t15-/m0/s1. The first-order chi connectivity index (χ1) is 9.29. The monoisotopic (exact) mass is 273 g/mol. The lowest BCUT2D eigenvalue weighted by Crippen LogP contribution is -2.37. The number of nitrogens with zero attached hydrogens (tertiary/aromatic N) is 1. The largest absolute Gasteiger partial charge is 0.444 e. The molecule has 2 rings (SSSR count). The van der Waals surface area contributed by atoms with Crippen LogP contribution in [0, 0.1) is 13.8 Å². The maximum atomic E-state index is 12.3. The zero-order chi connectivity index (χ0) is 14.9. The number of rotatable bonds is 1. The number of aryl methyl sites for hydroxylation is 1. The highest BCUT2D eigenvalue weighted by Crippen LogP contribution is 2.31. The third-order valence-corrected chi connectivity index (χ3v) is 3.55. The number of ether oxygens (including phenoxy) is 1. The van der Waals surface area contributed by atoms with Gasteiger partial charge in [0.25, 0.3) is 0 Å². The molecule has 0 saturated heterocycles. The molecule has 0 bridgehead atoms. The molecule has 0 saturated carbocycles. The van der Waals surface area contributed by atoms with Crippen molar-refractivity contribution < 1.29 is 9.53 Å². The van der Waals surface area contributed by atoms with Crippen LogP contribution < -0.4 is 0 Å². The van der Waals surface area contributed by atoms with Crippen LogP contribution in [0.3, 0.4) is 0 Å².